The van der Waals surface area contributed by atoms with Gasteiger partial charge in [0, 0.05) is 23.9 Å². The summed E-state index contributed by atoms with van der Waals surface area (Å²) in [6.45, 7) is 0. The monoisotopic (exact) mass is 326 g/mol. The lowest BCUT2D eigenvalue weighted by Crippen LogP contribution is -2.05. The van der Waals surface area contributed by atoms with Crippen molar-refractivity contribution in [1.82, 2.24) is 4.98 Å². The fourth-order valence-electron chi connectivity index (χ4n) is 1.55. The van der Waals surface area contributed by atoms with Gasteiger partial charge in [-0.15, -0.1) is 0 Å². The molecule has 0 atom stereocenters. The Hall–Kier alpha value is -3.17. The van der Waals surface area contributed by atoms with Crippen LogP contribution in [0.15, 0.2) is 41.6 Å². The summed E-state index contributed by atoms with van der Waals surface area (Å²) in [6.07, 6.45) is -2.76. The van der Waals surface area contributed by atoms with Crippen molar-refractivity contribution in [1.29, 1.82) is 0 Å². The van der Waals surface area contributed by atoms with Crippen LogP contribution in [0.1, 0.15) is 11.1 Å². The van der Waals surface area contributed by atoms with Gasteiger partial charge in [0.15, 0.2) is 0 Å². The lowest BCUT2D eigenvalue weighted by molar-refractivity contribution is -0.384. The summed E-state index contributed by atoms with van der Waals surface area (Å²) in [5, 5.41) is 23.9. The normalized spacial score (nSPS) is 11.6. The number of hydrogen-bond acceptors (Lipinski definition) is 6. The van der Waals surface area contributed by atoms with Gasteiger partial charge < -0.3 is 5.11 Å². The highest BCUT2D eigenvalue weighted by Crippen LogP contribution is 2.28. The van der Waals surface area contributed by atoms with Gasteiger partial charge in [-0.1, -0.05) is 0 Å². The zero-order valence-electron chi connectivity index (χ0n) is 11.3. The molecular weight excluding hydrogens is 317 g/mol. The standard InChI is InChI=1S/C13H9F3N4O3/c14-13(15,16)9-1-4-12(17-7-9)19-18-6-8-5-10(20(22)23)2-3-11(8)21/h1-7,21H,(H,17,19)/b18-6-. The number of rotatable bonds is 4. The highest BCUT2D eigenvalue weighted by atomic mass is 19.4. The SMILES string of the molecule is O=[N+]([O-])c1ccc(O)c(/C=N\Nc2ccc(C(F)(F)F)cn2)c1. The lowest BCUT2D eigenvalue weighted by atomic mass is 10.2. The number of hydrazone groups is 1. The van der Waals surface area contributed by atoms with E-state index in [0.717, 1.165) is 36.5 Å². The number of pyridine rings is 1. The maximum absolute atomic E-state index is 12.4. The number of nitro groups is 1. The van der Waals surface area contributed by atoms with Gasteiger partial charge in [-0.05, 0) is 18.2 Å². The van der Waals surface area contributed by atoms with Crippen LogP contribution in [0.3, 0.4) is 0 Å². The first kappa shape index (κ1) is 16.2. The molecule has 1 heterocycles. The van der Waals surface area contributed by atoms with Crippen LogP contribution >= 0.6 is 0 Å². The number of alkyl halides is 3. The highest BCUT2D eigenvalue weighted by Gasteiger charge is 2.30. The van der Waals surface area contributed by atoms with Crippen molar-refractivity contribution in [3.05, 3.63) is 57.8 Å². The number of non-ortho nitro benzene ring substituents is 1. The Morgan fingerprint density at radius 2 is 2.04 bits per heavy atom. The first-order valence-corrected chi connectivity index (χ1v) is 6.07. The first-order valence-electron chi connectivity index (χ1n) is 6.07. The van der Waals surface area contributed by atoms with Gasteiger partial charge in [-0.25, -0.2) is 4.98 Å². The Kier molecular flexibility index (Phi) is 4.44. The third kappa shape index (κ3) is 4.15. The van der Waals surface area contributed by atoms with E-state index in [1.165, 1.54) is 0 Å². The number of phenols is 1. The molecule has 1 aromatic carbocycles. The number of hydrogen-bond donors (Lipinski definition) is 2. The van der Waals surface area contributed by atoms with E-state index in [4.69, 9.17) is 0 Å². The summed E-state index contributed by atoms with van der Waals surface area (Å²) in [4.78, 5) is 13.5. The van der Waals surface area contributed by atoms with Crippen LogP contribution < -0.4 is 5.43 Å². The topological polar surface area (TPSA) is 101 Å². The number of nitrogens with one attached hydrogen (secondary N) is 1. The van der Waals surface area contributed by atoms with Crippen LogP contribution in [0.25, 0.3) is 0 Å². The fourth-order valence-corrected chi connectivity index (χ4v) is 1.55. The molecule has 0 aliphatic rings. The van der Waals surface area contributed by atoms with Crippen molar-refractivity contribution in [2.24, 2.45) is 5.10 Å². The van der Waals surface area contributed by atoms with Crippen molar-refractivity contribution in [3.8, 4) is 5.75 Å². The summed E-state index contributed by atoms with van der Waals surface area (Å²) in [6, 6.07) is 5.26. The minimum atomic E-state index is -4.48. The molecule has 0 aliphatic heterocycles. The molecular formula is C13H9F3N4O3. The third-order valence-corrected chi connectivity index (χ3v) is 2.70. The minimum Gasteiger partial charge on any atom is -0.507 e. The van der Waals surface area contributed by atoms with Crippen molar-refractivity contribution in [3.63, 3.8) is 0 Å². The zero-order chi connectivity index (χ0) is 17.0. The van der Waals surface area contributed by atoms with Crippen LogP contribution in [0.5, 0.6) is 5.75 Å². The fraction of sp³-hybridized carbons (Fsp3) is 0.0769. The Morgan fingerprint density at radius 3 is 2.61 bits per heavy atom. The molecule has 1 aromatic heterocycles. The minimum absolute atomic E-state index is 0.0409. The van der Waals surface area contributed by atoms with E-state index in [-0.39, 0.29) is 22.8 Å². The molecule has 10 heteroatoms. The molecule has 2 aromatic rings. The molecule has 2 rings (SSSR count). The van der Waals surface area contributed by atoms with Gasteiger partial charge in [-0.2, -0.15) is 18.3 Å². The van der Waals surface area contributed by atoms with E-state index < -0.39 is 16.7 Å². The average molecular weight is 326 g/mol. The second-order valence-corrected chi connectivity index (χ2v) is 4.30. The highest BCUT2D eigenvalue weighted by molar-refractivity contribution is 5.84. The number of aromatic hydroxyl groups is 1. The van der Waals surface area contributed by atoms with Crippen LogP contribution in [-0.2, 0) is 6.18 Å². The Labute approximate surface area is 127 Å². The number of anilines is 1. The average Bonchev–Trinajstić information content (AvgIpc) is 2.48. The molecule has 0 spiro atoms. The van der Waals surface area contributed by atoms with E-state index in [1.54, 1.807) is 0 Å². The van der Waals surface area contributed by atoms with Crippen molar-refractivity contribution < 1.29 is 23.2 Å². The molecule has 2 N–H and O–H groups in total. The number of halogens is 3. The molecule has 0 radical (unpaired) electrons. The Balaban J connectivity index is 2.10. The summed E-state index contributed by atoms with van der Waals surface area (Å²) in [5.74, 6) is -0.194. The molecule has 0 aliphatic carbocycles. The van der Waals surface area contributed by atoms with Gasteiger partial charge in [-0.3, -0.25) is 15.5 Å². The quantitative estimate of drug-likeness (QED) is 0.510. The number of benzene rings is 1. The van der Waals surface area contributed by atoms with E-state index in [2.05, 4.69) is 15.5 Å². The zero-order valence-corrected chi connectivity index (χ0v) is 11.3. The molecule has 0 fully saturated rings. The predicted octanol–water partition coefficient (Wildman–Crippen LogP) is 3.16. The first-order chi connectivity index (χ1) is 10.8. The number of phenolic OH excluding ortho intramolecular Hbond substituents is 1. The predicted molar refractivity (Wildman–Crippen MR) is 75.2 cm³/mol. The molecule has 0 saturated heterocycles. The van der Waals surface area contributed by atoms with Crippen molar-refractivity contribution >= 4 is 17.7 Å². The van der Waals surface area contributed by atoms with Crippen molar-refractivity contribution in [2.45, 2.75) is 6.18 Å². The van der Waals surface area contributed by atoms with Crippen LogP contribution in [0, 0.1) is 10.1 Å². The van der Waals surface area contributed by atoms with Gasteiger partial charge in [0.25, 0.3) is 5.69 Å². The van der Waals surface area contributed by atoms with Gasteiger partial charge in [0.1, 0.15) is 11.6 Å². The number of nitro benzene ring substituents is 1. The van der Waals surface area contributed by atoms with Crippen LogP contribution in [0.4, 0.5) is 24.7 Å². The van der Waals surface area contributed by atoms with Gasteiger partial charge in [0.2, 0.25) is 0 Å². The Morgan fingerprint density at radius 1 is 1.30 bits per heavy atom. The summed E-state index contributed by atoms with van der Waals surface area (Å²) < 4.78 is 37.1. The summed E-state index contributed by atoms with van der Waals surface area (Å²) >= 11 is 0. The summed E-state index contributed by atoms with van der Waals surface area (Å²) in [5.41, 5.74) is 1.29. The Bertz CT molecular complexity index is 745. The molecule has 7 nitrogen and oxygen atoms in total. The molecule has 0 saturated carbocycles. The van der Waals surface area contributed by atoms with E-state index in [0.29, 0.717) is 6.20 Å². The number of aromatic nitrogens is 1. The lowest BCUT2D eigenvalue weighted by Gasteiger charge is -2.06. The maximum Gasteiger partial charge on any atom is 0.417 e. The maximum atomic E-state index is 12.4. The molecule has 0 unspecified atom stereocenters. The van der Waals surface area contributed by atoms with Crippen LogP contribution in [0.2, 0.25) is 0 Å². The second-order valence-electron chi connectivity index (χ2n) is 4.30. The van der Waals surface area contributed by atoms with E-state index in [9.17, 15) is 28.4 Å². The largest absolute Gasteiger partial charge is 0.507 e. The van der Waals surface area contributed by atoms with Crippen molar-refractivity contribution in [2.75, 3.05) is 5.43 Å². The smallest absolute Gasteiger partial charge is 0.417 e. The van der Waals surface area contributed by atoms with E-state index in [1.807, 2.05) is 0 Å². The molecule has 23 heavy (non-hydrogen) atoms. The molecule has 0 bridgehead atoms. The molecule has 0 amide bonds. The van der Waals surface area contributed by atoms with Gasteiger partial charge in [0.05, 0.1) is 16.7 Å². The number of nitrogens with zero attached hydrogens (tertiary/aromatic N) is 3. The van der Waals surface area contributed by atoms with E-state index >= 15 is 0 Å². The third-order valence-electron chi connectivity index (χ3n) is 2.70. The summed E-state index contributed by atoms with van der Waals surface area (Å²) in [7, 11) is 0. The van der Waals surface area contributed by atoms with Crippen LogP contribution in [-0.4, -0.2) is 21.2 Å². The van der Waals surface area contributed by atoms with Gasteiger partial charge >= 0.3 is 6.18 Å². The molecule has 120 valence electrons. The second kappa shape index (κ2) is 6.30.